The summed E-state index contributed by atoms with van der Waals surface area (Å²) in [6.45, 7) is 0. The molecule has 0 heterocycles. The lowest BCUT2D eigenvalue weighted by atomic mass is 10.1. The lowest BCUT2D eigenvalue weighted by molar-refractivity contribution is -0.115. The van der Waals surface area contributed by atoms with Crippen LogP contribution in [-0.4, -0.2) is 23.5 Å². The van der Waals surface area contributed by atoms with E-state index in [1.54, 1.807) is 48.5 Å². The van der Waals surface area contributed by atoms with Gasteiger partial charge in [0.1, 0.15) is 0 Å². The predicted molar refractivity (Wildman–Crippen MR) is 125 cm³/mol. The fraction of sp³-hybridized carbons (Fsp3) is 0.0870. The highest BCUT2D eigenvalue weighted by Crippen LogP contribution is 2.21. The van der Waals surface area contributed by atoms with Gasteiger partial charge in [0.2, 0.25) is 17.7 Å². The monoisotopic (exact) mass is 453 g/mol. The fourth-order valence-corrected chi connectivity index (χ4v) is 3.52. The van der Waals surface area contributed by atoms with Gasteiger partial charge in [0.15, 0.2) is 0 Å². The molecule has 0 spiro atoms. The first-order valence-corrected chi connectivity index (χ1v) is 10.7. The number of halogens is 1. The number of amides is 3. The zero-order chi connectivity index (χ0) is 22.2. The van der Waals surface area contributed by atoms with Gasteiger partial charge >= 0.3 is 0 Å². The maximum absolute atomic E-state index is 12.2. The Morgan fingerprint density at radius 1 is 0.774 bits per heavy atom. The topological polar surface area (TPSA) is 101 Å². The van der Waals surface area contributed by atoms with Gasteiger partial charge in [0.05, 0.1) is 12.2 Å². The molecule has 6 nitrogen and oxygen atoms in total. The molecule has 0 saturated heterocycles. The minimum absolute atomic E-state index is 0.121. The van der Waals surface area contributed by atoms with Crippen LogP contribution in [0.1, 0.15) is 15.9 Å². The fourth-order valence-electron chi connectivity index (χ4n) is 2.69. The molecule has 0 aliphatic rings. The van der Waals surface area contributed by atoms with Crippen molar-refractivity contribution in [1.82, 2.24) is 0 Å². The summed E-state index contributed by atoms with van der Waals surface area (Å²) < 4.78 is 0. The lowest BCUT2D eigenvalue weighted by Gasteiger charge is -2.08. The van der Waals surface area contributed by atoms with Crippen molar-refractivity contribution < 1.29 is 14.4 Å². The van der Waals surface area contributed by atoms with Crippen molar-refractivity contribution in [2.24, 2.45) is 5.73 Å². The molecule has 3 amide bonds. The molecular formula is C23H20ClN3O3S. The van der Waals surface area contributed by atoms with E-state index in [0.717, 1.165) is 10.5 Å². The third-order valence-corrected chi connectivity index (χ3v) is 5.50. The van der Waals surface area contributed by atoms with Crippen LogP contribution in [0.3, 0.4) is 0 Å². The van der Waals surface area contributed by atoms with Crippen molar-refractivity contribution in [2.45, 2.75) is 11.3 Å². The molecular weight excluding hydrogens is 434 g/mol. The summed E-state index contributed by atoms with van der Waals surface area (Å²) in [7, 11) is 0. The van der Waals surface area contributed by atoms with Crippen molar-refractivity contribution in [3.8, 4) is 0 Å². The Bertz CT molecular complexity index is 1070. The Balaban J connectivity index is 1.45. The van der Waals surface area contributed by atoms with E-state index in [9.17, 15) is 14.4 Å². The highest BCUT2D eigenvalue weighted by molar-refractivity contribution is 8.00. The Morgan fingerprint density at radius 3 is 1.90 bits per heavy atom. The molecule has 0 aliphatic heterocycles. The van der Waals surface area contributed by atoms with E-state index >= 15 is 0 Å². The molecule has 0 bridgehead atoms. The second-order valence-electron chi connectivity index (χ2n) is 6.65. The van der Waals surface area contributed by atoms with Gasteiger partial charge in [-0.25, -0.2) is 0 Å². The number of rotatable bonds is 8. The minimum atomic E-state index is -0.516. The van der Waals surface area contributed by atoms with E-state index in [2.05, 4.69) is 10.6 Å². The number of hydrogen-bond acceptors (Lipinski definition) is 4. The molecule has 8 heteroatoms. The van der Waals surface area contributed by atoms with E-state index < -0.39 is 5.91 Å². The van der Waals surface area contributed by atoms with E-state index in [0.29, 0.717) is 22.0 Å². The normalized spacial score (nSPS) is 10.4. The highest BCUT2D eigenvalue weighted by atomic mass is 35.5. The van der Waals surface area contributed by atoms with Crippen molar-refractivity contribution in [3.05, 3.63) is 88.9 Å². The first kappa shape index (κ1) is 22.4. The number of carbonyl (C=O) groups excluding carboxylic acids is 3. The van der Waals surface area contributed by atoms with Gasteiger partial charge in [-0.15, -0.1) is 11.8 Å². The maximum Gasteiger partial charge on any atom is 0.248 e. The van der Waals surface area contributed by atoms with Crippen LogP contribution in [0.15, 0.2) is 77.7 Å². The zero-order valence-electron chi connectivity index (χ0n) is 16.4. The molecule has 0 fully saturated rings. The number of carbonyl (C=O) groups is 3. The molecule has 3 aromatic rings. The van der Waals surface area contributed by atoms with Gasteiger partial charge in [-0.2, -0.15) is 0 Å². The van der Waals surface area contributed by atoms with Crippen molar-refractivity contribution >= 4 is 52.5 Å². The SMILES string of the molecule is NC(=O)c1ccc(NC(=O)CSc2ccc(NC(=O)Cc3ccc(Cl)cc3)cc2)cc1. The number of nitrogens with one attached hydrogen (secondary N) is 2. The molecule has 0 unspecified atom stereocenters. The van der Waals surface area contributed by atoms with E-state index in [4.69, 9.17) is 17.3 Å². The van der Waals surface area contributed by atoms with Crippen molar-refractivity contribution in [2.75, 3.05) is 16.4 Å². The number of benzene rings is 3. The molecule has 0 aromatic heterocycles. The average molecular weight is 454 g/mol. The molecule has 158 valence electrons. The average Bonchev–Trinajstić information content (AvgIpc) is 2.75. The smallest absolute Gasteiger partial charge is 0.248 e. The molecule has 3 aromatic carbocycles. The van der Waals surface area contributed by atoms with Crippen molar-refractivity contribution in [3.63, 3.8) is 0 Å². The van der Waals surface area contributed by atoms with Crippen LogP contribution in [-0.2, 0) is 16.0 Å². The number of anilines is 2. The Morgan fingerprint density at radius 2 is 1.32 bits per heavy atom. The van der Waals surface area contributed by atoms with Gasteiger partial charge in [-0.1, -0.05) is 23.7 Å². The Hall–Kier alpha value is -3.29. The van der Waals surface area contributed by atoms with E-state index in [-0.39, 0.29) is 24.0 Å². The van der Waals surface area contributed by atoms with Gasteiger partial charge < -0.3 is 16.4 Å². The predicted octanol–water partition coefficient (Wildman–Crippen LogP) is 4.35. The molecule has 4 N–H and O–H groups in total. The van der Waals surface area contributed by atoms with Gasteiger partial charge in [0, 0.05) is 26.9 Å². The zero-order valence-corrected chi connectivity index (χ0v) is 18.0. The first-order valence-electron chi connectivity index (χ1n) is 9.36. The summed E-state index contributed by atoms with van der Waals surface area (Å²) in [6, 6.07) is 20.8. The van der Waals surface area contributed by atoms with Gasteiger partial charge in [0.25, 0.3) is 0 Å². The second kappa shape index (κ2) is 10.7. The maximum atomic E-state index is 12.2. The third kappa shape index (κ3) is 7.16. The summed E-state index contributed by atoms with van der Waals surface area (Å²) in [4.78, 5) is 36.3. The molecule has 31 heavy (non-hydrogen) atoms. The number of nitrogens with two attached hydrogens (primary N) is 1. The van der Waals surface area contributed by atoms with Gasteiger partial charge in [-0.3, -0.25) is 14.4 Å². The van der Waals surface area contributed by atoms with E-state index in [1.807, 2.05) is 24.3 Å². The van der Waals surface area contributed by atoms with Crippen LogP contribution in [0.25, 0.3) is 0 Å². The summed E-state index contributed by atoms with van der Waals surface area (Å²) in [5.41, 5.74) is 7.73. The molecule has 0 saturated carbocycles. The van der Waals surface area contributed by atoms with Crippen LogP contribution in [0.2, 0.25) is 5.02 Å². The first-order chi connectivity index (χ1) is 14.9. The largest absolute Gasteiger partial charge is 0.366 e. The highest BCUT2D eigenvalue weighted by Gasteiger charge is 2.07. The van der Waals surface area contributed by atoms with Crippen LogP contribution in [0.4, 0.5) is 11.4 Å². The van der Waals surface area contributed by atoms with Crippen LogP contribution < -0.4 is 16.4 Å². The number of primary amides is 1. The molecule has 0 aliphatic carbocycles. The Labute approximate surface area is 189 Å². The standard InChI is InChI=1S/C23H20ClN3O3S/c24-17-5-1-15(2-6-17)13-21(28)26-19-9-11-20(12-10-19)31-14-22(29)27-18-7-3-16(4-8-18)23(25)30/h1-12H,13-14H2,(H2,25,30)(H,26,28)(H,27,29). The minimum Gasteiger partial charge on any atom is -0.366 e. The van der Waals surface area contributed by atoms with E-state index in [1.165, 1.54) is 11.8 Å². The summed E-state index contributed by atoms with van der Waals surface area (Å²) in [5.74, 6) is -0.584. The molecule has 3 rings (SSSR count). The molecule has 0 atom stereocenters. The van der Waals surface area contributed by atoms with Gasteiger partial charge in [-0.05, 0) is 66.2 Å². The van der Waals surface area contributed by atoms with Crippen LogP contribution in [0, 0.1) is 0 Å². The number of thioether (sulfide) groups is 1. The van der Waals surface area contributed by atoms with Crippen LogP contribution >= 0.6 is 23.4 Å². The Kier molecular flexibility index (Phi) is 7.70. The molecule has 0 radical (unpaired) electrons. The lowest BCUT2D eigenvalue weighted by Crippen LogP contribution is -2.15. The summed E-state index contributed by atoms with van der Waals surface area (Å²) >= 11 is 7.23. The number of hydrogen-bond donors (Lipinski definition) is 3. The summed E-state index contributed by atoms with van der Waals surface area (Å²) in [6.07, 6.45) is 0.258. The second-order valence-corrected chi connectivity index (χ2v) is 8.14. The quantitative estimate of drug-likeness (QED) is 0.441. The van der Waals surface area contributed by atoms with Crippen LogP contribution in [0.5, 0.6) is 0 Å². The van der Waals surface area contributed by atoms with Crippen molar-refractivity contribution in [1.29, 1.82) is 0 Å². The summed E-state index contributed by atoms with van der Waals surface area (Å²) in [5, 5.41) is 6.25. The third-order valence-electron chi connectivity index (χ3n) is 4.24.